The molecule has 0 aliphatic carbocycles. The van der Waals surface area contributed by atoms with Gasteiger partial charge in [0.25, 0.3) is 5.24 Å². The summed E-state index contributed by atoms with van der Waals surface area (Å²) in [6, 6.07) is 4.22. The van der Waals surface area contributed by atoms with Crippen molar-refractivity contribution in [2.24, 2.45) is 0 Å². The van der Waals surface area contributed by atoms with Crippen LogP contribution in [0.1, 0.15) is 11.3 Å². The van der Waals surface area contributed by atoms with E-state index in [4.69, 9.17) is 0 Å². The average Bonchev–Trinajstić information content (AvgIpc) is 3.16. The lowest BCUT2D eigenvalue weighted by Crippen LogP contribution is -2.30. The topological polar surface area (TPSA) is 97.2 Å². The summed E-state index contributed by atoms with van der Waals surface area (Å²) < 4.78 is 39.3. The summed E-state index contributed by atoms with van der Waals surface area (Å²) >= 11 is 0.876. The molecule has 1 aromatic heterocycles. The van der Waals surface area contributed by atoms with Gasteiger partial charge in [-0.1, -0.05) is 23.0 Å². The van der Waals surface area contributed by atoms with E-state index in [0.717, 1.165) is 28.8 Å². The smallest absolute Gasteiger partial charge is 0.324 e. The number of imide groups is 1. The van der Waals surface area contributed by atoms with Crippen molar-refractivity contribution in [2.45, 2.75) is 19.3 Å². The van der Waals surface area contributed by atoms with Gasteiger partial charge in [-0.3, -0.25) is 19.3 Å². The lowest BCUT2D eigenvalue weighted by molar-refractivity contribution is -0.137. The van der Waals surface area contributed by atoms with Crippen molar-refractivity contribution in [2.75, 3.05) is 11.1 Å². The molecule has 1 fully saturated rings. The first-order chi connectivity index (χ1) is 12.7. The summed E-state index contributed by atoms with van der Waals surface area (Å²) in [4.78, 5) is 36.5. The van der Waals surface area contributed by atoms with Gasteiger partial charge in [0.05, 0.1) is 29.8 Å². The maximum Gasteiger partial charge on any atom is 0.416 e. The quantitative estimate of drug-likeness (QED) is 0.827. The fraction of sp³-hybridized carbons (Fsp3) is 0.267. The Balaban J connectivity index is 1.66. The van der Waals surface area contributed by atoms with Gasteiger partial charge in [-0.15, -0.1) is 5.10 Å². The fourth-order valence-corrected chi connectivity index (χ4v) is 3.07. The summed E-state index contributed by atoms with van der Waals surface area (Å²) in [5.41, 5.74) is -0.554. The monoisotopic (exact) mass is 399 g/mol. The van der Waals surface area contributed by atoms with Crippen LogP contribution >= 0.6 is 11.8 Å². The highest BCUT2D eigenvalue weighted by atomic mass is 32.2. The van der Waals surface area contributed by atoms with Crippen molar-refractivity contribution >= 4 is 34.5 Å². The number of carbonyl (C=O) groups excluding carboxylic acids is 3. The standard InChI is InChI=1S/C15H12F3N5O3S/c16-15(17,18)9-2-1-3-10(4-9)20-12(24)7-23-11(5-19-21-23)6-22-13(25)8-27-14(22)26/h1-5H,6-8H2,(H,20,24). The average molecular weight is 399 g/mol. The predicted octanol–water partition coefficient (Wildman–Crippen LogP) is 2.13. The van der Waals surface area contributed by atoms with E-state index in [0.29, 0.717) is 5.69 Å². The van der Waals surface area contributed by atoms with E-state index >= 15 is 0 Å². The number of thioether (sulfide) groups is 1. The number of anilines is 1. The molecule has 1 aromatic carbocycles. The molecular weight excluding hydrogens is 387 g/mol. The molecule has 0 bridgehead atoms. The highest BCUT2D eigenvalue weighted by Gasteiger charge is 2.31. The van der Waals surface area contributed by atoms with Crippen LogP contribution in [0.3, 0.4) is 0 Å². The summed E-state index contributed by atoms with van der Waals surface area (Å²) in [5, 5.41) is 9.32. The number of halogens is 3. The number of carbonyl (C=O) groups is 3. The van der Waals surface area contributed by atoms with Crippen molar-refractivity contribution in [1.82, 2.24) is 19.9 Å². The van der Waals surface area contributed by atoms with Crippen LogP contribution in [-0.4, -0.2) is 42.7 Å². The van der Waals surface area contributed by atoms with Crippen LogP contribution in [0.4, 0.5) is 23.7 Å². The van der Waals surface area contributed by atoms with Crippen LogP contribution in [0.25, 0.3) is 0 Å². The number of amides is 3. The minimum atomic E-state index is -4.52. The zero-order valence-corrected chi connectivity index (χ0v) is 14.4. The second-order valence-electron chi connectivity index (χ2n) is 5.54. The minimum absolute atomic E-state index is 0.0159. The number of nitrogens with zero attached hydrogens (tertiary/aromatic N) is 4. The van der Waals surface area contributed by atoms with Crippen LogP contribution in [0.5, 0.6) is 0 Å². The van der Waals surface area contributed by atoms with Crippen LogP contribution in [-0.2, 0) is 28.9 Å². The van der Waals surface area contributed by atoms with Crippen LogP contribution in [0.15, 0.2) is 30.5 Å². The molecule has 3 amide bonds. The molecule has 2 heterocycles. The molecule has 1 saturated heterocycles. The number of hydrogen-bond acceptors (Lipinski definition) is 6. The molecule has 142 valence electrons. The highest BCUT2D eigenvalue weighted by molar-refractivity contribution is 8.14. The lowest BCUT2D eigenvalue weighted by atomic mass is 10.2. The van der Waals surface area contributed by atoms with Crippen molar-refractivity contribution < 1.29 is 27.6 Å². The van der Waals surface area contributed by atoms with Gasteiger partial charge in [0.2, 0.25) is 11.8 Å². The van der Waals surface area contributed by atoms with Gasteiger partial charge in [-0.2, -0.15) is 13.2 Å². The van der Waals surface area contributed by atoms with E-state index < -0.39 is 22.9 Å². The maximum atomic E-state index is 12.7. The lowest BCUT2D eigenvalue weighted by Gasteiger charge is -2.13. The van der Waals surface area contributed by atoms with Crippen LogP contribution in [0, 0.1) is 0 Å². The van der Waals surface area contributed by atoms with Crippen LogP contribution in [0.2, 0.25) is 0 Å². The zero-order chi connectivity index (χ0) is 19.6. The molecule has 1 aliphatic heterocycles. The molecule has 8 nitrogen and oxygen atoms in total. The Morgan fingerprint density at radius 1 is 1.30 bits per heavy atom. The first kappa shape index (κ1) is 18.9. The number of alkyl halides is 3. The third-order valence-electron chi connectivity index (χ3n) is 3.63. The van der Waals surface area contributed by atoms with Gasteiger partial charge in [0.1, 0.15) is 6.54 Å². The largest absolute Gasteiger partial charge is 0.416 e. The Labute approximate surface area is 154 Å². The SMILES string of the molecule is O=C(Cn1nncc1CN1C(=O)CSC1=O)Nc1cccc(C(F)(F)F)c1. The van der Waals surface area contributed by atoms with Crippen molar-refractivity contribution in [3.8, 4) is 0 Å². The van der Waals surface area contributed by atoms with E-state index in [1.807, 2.05) is 0 Å². The van der Waals surface area contributed by atoms with Gasteiger partial charge in [0.15, 0.2) is 0 Å². The molecule has 0 unspecified atom stereocenters. The predicted molar refractivity (Wildman–Crippen MR) is 88.5 cm³/mol. The van der Waals surface area contributed by atoms with Crippen molar-refractivity contribution in [1.29, 1.82) is 0 Å². The Morgan fingerprint density at radius 2 is 2.07 bits per heavy atom. The molecule has 27 heavy (non-hydrogen) atoms. The minimum Gasteiger partial charge on any atom is -0.324 e. The molecule has 12 heteroatoms. The second kappa shape index (κ2) is 7.39. The Kier molecular flexibility index (Phi) is 5.17. The first-order valence-corrected chi connectivity index (χ1v) is 8.54. The number of rotatable bonds is 5. The second-order valence-corrected chi connectivity index (χ2v) is 6.47. The molecule has 0 radical (unpaired) electrons. The number of aromatic nitrogens is 3. The maximum absolute atomic E-state index is 12.7. The van der Waals surface area contributed by atoms with Crippen molar-refractivity contribution in [3.05, 3.63) is 41.7 Å². The van der Waals surface area contributed by atoms with Crippen molar-refractivity contribution in [3.63, 3.8) is 0 Å². The highest BCUT2D eigenvalue weighted by Crippen LogP contribution is 2.30. The summed E-state index contributed by atoms with van der Waals surface area (Å²) in [7, 11) is 0. The summed E-state index contributed by atoms with van der Waals surface area (Å²) in [6.45, 7) is -0.427. The number of nitrogens with one attached hydrogen (secondary N) is 1. The molecule has 0 atom stereocenters. The van der Waals surface area contributed by atoms with E-state index in [9.17, 15) is 27.6 Å². The first-order valence-electron chi connectivity index (χ1n) is 7.55. The van der Waals surface area contributed by atoms with E-state index in [1.54, 1.807) is 0 Å². The summed E-state index contributed by atoms with van der Waals surface area (Å²) in [5.74, 6) is -0.933. The van der Waals surface area contributed by atoms with Gasteiger partial charge >= 0.3 is 6.18 Å². The molecular formula is C15H12F3N5O3S. The zero-order valence-electron chi connectivity index (χ0n) is 13.6. The normalized spacial score (nSPS) is 14.7. The molecule has 0 saturated carbocycles. The summed E-state index contributed by atoms with van der Waals surface area (Å²) in [6.07, 6.45) is -3.21. The van der Waals surface area contributed by atoms with E-state index in [-0.39, 0.29) is 30.4 Å². The van der Waals surface area contributed by atoms with Gasteiger partial charge in [0, 0.05) is 5.69 Å². The van der Waals surface area contributed by atoms with E-state index in [1.165, 1.54) is 23.0 Å². The fourth-order valence-electron chi connectivity index (χ4n) is 2.34. The van der Waals surface area contributed by atoms with Gasteiger partial charge < -0.3 is 5.32 Å². The molecule has 3 rings (SSSR count). The molecule has 1 aliphatic rings. The third-order valence-corrected chi connectivity index (χ3v) is 4.48. The van der Waals surface area contributed by atoms with Gasteiger partial charge in [-0.05, 0) is 18.2 Å². The number of benzene rings is 1. The van der Waals surface area contributed by atoms with Crippen LogP contribution < -0.4 is 5.32 Å². The molecule has 2 aromatic rings. The van der Waals surface area contributed by atoms with E-state index in [2.05, 4.69) is 15.6 Å². The molecule has 1 N–H and O–H groups in total. The third kappa shape index (κ3) is 4.45. The van der Waals surface area contributed by atoms with Gasteiger partial charge in [-0.25, -0.2) is 4.68 Å². The Bertz CT molecular complexity index is 883. The Hall–Kier alpha value is -2.89. The number of hydrogen-bond donors (Lipinski definition) is 1. The molecule has 0 spiro atoms. The Morgan fingerprint density at radius 3 is 2.74 bits per heavy atom.